The van der Waals surface area contributed by atoms with Crippen molar-refractivity contribution in [2.75, 3.05) is 7.05 Å². The predicted octanol–water partition coefficient (Wildman–Crippen LogP) is 2.64. The second-order valence-corrected chi connectivity index (χ2v) is 4.67. The highest BCUT2D eigenvalue weighted by Gasteiger charge is 2.12. The molecule has 6 heteroatoms. The van der Waals surface area contributed by atoms with Crippen LogP contribution in [0.25, 0.3) is 22.4 Å². The minimum atomic E-state index is -0.296. The maximum absolute atomic E-state index is 13.1. The van der Waals surface area contributed by atoms with E-state index in [0.29, 0.717) is 5.69 Å². The summed E-state index contributed by atoms with van der Waals surface area (Å²) in [7, 11) is 1.55. The lowest BCUT2D eigenvalue weighted by atomic mass is 10.0. The fourth-order valence-corrected chi connectivity index (χ4v) is 2.19. The van der Waals surface area contributed by atoms with E-state index >= 15 is 0 Å². The van der Waals surface area contributed by atoms with Gasteiger partial charge in [-0.25, -0.2) is 4.39 Å². The third-order valence-electron chi connectivity index (χ3n) is 3.30. The number of nitrogens with zero attached hydrogens (tertiary/aromatic N) is 2. The molecule has 110 valence electrons. The van der Waals surface area contributed by atoms with Crippen LogP contribution < -0.4 is 5.32 Å². The number of carbonyl (C=O) groups excluding carboxylic acids is 1. The van der Waals surface area contributed by atoms with Crippen molar-refractivity contribution in [3.63, 3.8) is 0 Å². The molecule has 3 aromatic rings. The number of pyridine rings is 1. The molecule has 0 aliphatic rings. The first-order valence-electron chi connectivity index (χ1n) is 6.67. The Balaban J connectivity index is 2.05. The molecule has 0 saturated carbocycles. The largest absolute Gasteiger partial charge is 0.354 e. The van der Waals surface area contributed by atoms with Crippen LogP contribution in [0.4, 0.5) is 4.39 Å². The topological polar surface area (TPSA) is 70.7 Å². The third-order valence-corrected chi connectivity index (χ3v) is 3.30. The summed E-state index contributed by atoms with van der Waals surface area (Å²) in [6.45, 7) is 0. The van der Waals surface area contributed by atoms with Gasteiger partial charge in [0.2, 0.25) is 0 Å². The van der Waals surface area contributed by atoms with Gasteiger partial charge in [-0.05, 0) is 42.0 Å². The molecule has 0 unspecified atom stereocenters. The van der Waals surface area contributed by atoms with Crippen LogP contribution in [0.3, 0.4) is 0 Å². The highest BCUT2D eigenvalue weighted by Crippen LogP contribution is 2.30. The molecule has 2 aromatic heterocycles. The van der Waals surface area contributed by atoms with Crippen LogP contribution in [0, 0.1) is 5.82 Å². The van der Waals surface area contributed by atoms with Crippen LogP contribution >= 0.6 is 0 Å². The summed E-state index contributed by atoms with van der Waals surface area (Å²) in [4.78, 5) is 15.7. The summed E-state index contributed by atoms with van der Waals surface area (Å²) in [6.07, 6.45) is 3.24. The Morgan fingerprint density at radius 1 is 1.18 bits per heavy atom. The van der Waals surface area contributed by atoms with Crippen molar-refractivity contribution in [2.45, 2.75) is 0 Å². The van der Waals surface area contributed by atoms with Gasteiger partial charge in [0.1, 0.15) is 11.5 Å². The molecule has 0 radical (unpaired) electrons. The number of benzene rings is 1. The van der Waals surface area contributed by atoms with Gasteiger partial charge < -0.3 is 5.32 Å². The number of rotatable bonds is 3. The van der Waals surface area contributed by atoms with Gasteiger partial charge in [0.05, 0.1) is 11.9 Å². The SMILES string of the molecule is CNC(=O)c1cc(-c2cn[nH]c2-c2ccc(F)cc2)ccn1. The molecule has 5 nitrogen and oxygen atoms in total. The average Bonchev–Trinajstić information content (AvgIpc) is 3.04. The second-order valence-electron chi connectivity index (χ2n) is 4.67. The molecule has 0 atom stereocenters. The van der Waals surface area contributed by atoms with Gasteiger partial charge in [-0.2, -0.15) is 5.10 Å². The van der Waals surface area contributed by atoms with Gasteiger partial charge in [0.15, 0.2) is 0 Å². The number of carbonyl (C=O) groups is 1. The Morgan fingerprint density at radius 2 is 1.95 bits per heavy atom. The predicted molar refractivity (Wildman–Crippen MR) is 80.6 cm³/mol. The van der Waals surface area contributed by atoms with Crippen LogP contribution in [0.15, 0.2) is 48.8 Å². The van der Waals surface area contributed by atoms with Crippen LogP contribution in [-0.2, 0) is 0 Å². The molecule has 0 saturated heterocycles. The van der Waals surface area contributed by atoms with Crippen LogP contribution in [0.5, 0.6) is 0 Å². The Labute approximate surface area is 126 Å². The molecule has 0 aliphatic carbocycles. The van der Waals surface area contributed by atoms with E-state index in [0.717, 1.165) is 22.4 Å². The van der Waals surface area contributed by atoms with E-state index in [-0.39, 0.29) is 11.7 Å². The molecule has 2 N–H and O–H groups in total. The minimum Gasteiger partial charge on any atom is -0.354 e. The zero-order valence-electron chi connectivity index (χ0n) is 11.8. The summed E-state index contributed by atoms with van der Waals surface area (Å²) in [6, 6.07) is 9.62. The van der Waals surface area contributed by atoms with E-state index in [2.05, 4.69) is 20.5 Å². The number of amides is 1. The molecular weight excluding hydrogens is 283 g/mol. The van der Waals surface area contributed by atoms with Crippen LogP contribution in [0.1, 0.15) is 10.5 Å². The maximum Gasteiger partial charge on any atom is 0.269 e. The van der Waals surface area contributed by atoms with Crippen molar-refractivity contribution in [1.82, 2.24) is 20.5 Å². The first-order valence-corrected chi connectivity index (χ1v) is 6.67. The highest BCUT2D eigenvalue weighted by atomic mass is 19.1. The van der Waals surface area contributed by atoms with Crippen molar-refractivity contribution in [3.8, 4) is 22.4 Å². The minimum absolute atomic E-state index is 0.256. The molecule has 1 amide bonds. The number of nitrogens with one attached hydrogen (secondary N) is 2. The Bertz CT molecular complexity index is 811. The molecular formula is C16H13FN4O. The number of halogens is 1. The van der Waals surface area contributed by atoms with E-state index in [1.807, 2.05) is 0 Å². The van der Waals surface area contributed by atoms with Gasteiger partial charge in [0, 0.05) is 24.4 Å². The van der Waals surface area contributed by atoms with E-state index in [4.69, 9.17) is 0 Å². The Hall–Kier alpha value is -3.02. The maximum atomic E-state index is 13.1. The smallest absolute Gasteiger partial charge is 0.269 e. The number of aromatic nitrogens is 3. The van der Waals surface area contributed by atoms with E-state index in [1.54, 1.807) is 43.7 Å². The molecule has 22 heavy (non-hydrogen) atoms. The van der Waals surface area contributed by atoms with Gasteiger partial charge in [-0.15, -0.1) is 0 Å². The van der Waals surface area contributed by atoms with Crippen LogP contribution in [0.2, 0.25) is 0 Å². The highest BCUT2D eigenvalue weighted by molar-refractivity contribution is 5.93. The molecule has 2 heterocycles. The number of H-pyrrole nitrogens is 1. The summed E-state index contributed by atoms with van der Waals surface area (Å²) >= 11 is 0. The van der Waals surface area contributed by atoms with E-state index in [9.17, 15) is 9.18 Å². The average molecular weight is 296 g/mol. The molecule has 1 aromatic carbocycles. The zero-order chi connectivity index (χ0) is 15.5. The zero-order valence-corrected chi connectivity index (χ0v) is 11.8. The number of hydrogen-bond donors (Lipinski definition) is 2. The first-order chi connectivity index (χ1) is 10.7. The molecule has 0 spiro atoms. The lowest BCUT2D eigenvalue weighted by molar-refractivity contribution is 0.0958. The number of aromatic amines is 1. The normalized spacial score (nSPS) is 10.5. The standard InChI is InChI=1S/C16H13FN4O/c1-18-16(22)14-8-11(6-7-19-14)13-9-20-21-15(13)10-2-4-12(17)5-3-10/h2-9H,1H3,(H,18,22)(H,20,21). The first kappa shape index (κ1) is 13.9. The quantitative estimate of drug-likeness (QED) is 0.780. The molecule has 0 bridgehead atoms. The number of hydrogen-bond acceptors (Lipinski definition) is 3. The van der Waals surface area contributed by atoms with Crippen molar-refractivity contribution in [1.29, 1.82) is 0 Å². The Kier molecular flexibility index (Phi) is 3.65. The van der Waals surface area contributed by atoms with Crippen molar-refractivity contribution in [2.24, 2.45) is 0 Å². The second kappa shape index (κ2) is 5.77. The molecule has 0 fully saturated rings. The lowest BCUT2D eigenvalue weighted by Crippen LogP contribution is -2.19. The van der Waals surface area contributed by atoms with Crippen molar-refractivity contribution in [3.05, 3.63) is 60.3 Å². The fourth-order valence-electron chi connectivity index (χ4n) is 2.19. The van der Waals surface area contributed by atoms with E-state index in [1.165, 1.54) is 12.1 Å². The van der Waals surface area contributed by atoms with Gasteiger partial charge >= 0.3 is 0 Å². The summed E-state index contributed by atoms with van der Waals surface area (Å²) in [5.74, 6) is -0.552. The van der Waals surface area contributed by atoms with Crippen molar-refractivity contribution >= 4 is 5.91 Å². The monoisotopic (exact) mass is 296 g/mol. The summed E-state index contributed by atoms with van der Waals surface area (Å²) in [5, 5.41) is 9.50. The molecule has 0 aliphatic heterocycles. The molecule has 3 rings (SSSR count). The van der Waals surface area contributed by atoms with Crippen molar-refractivity contribution < 1.29 is 9.18 Å². The van der Waals surface area contributed by atoms with E-state index < -0.39 is 0 Å². The van der Waals surface area contributed by atoms with Gasteiger partial charge in [-0.1, -0.05) is 0 Å². The van der Waals surface area contributed by atoms with Gasteiger partial charge in [0.25, 0.3) is 5.91 Å². The third kappa shape index (κ3) is 2.58. The fraction of sp³-hybridized carbons (Fsp3) is 0.0625. The summed E-state index contributed by atoms with van der Waals surface area (Å²) < 4.78 is 13.1. The lowest BCUT2D eigenvalue weighted by Gasteiger charge is -2.05. The van der Waals surface area contributed by atoms with Gasteiger partial charge in [-0.3, -0.25) is 14.9 Å². The Morgan fingerprint density at radius 3 is 2.68 bits per heavy atom. The summed E-state index contributed by atoms with van der Waals surface area (Å²) in [5.41, 5.74) is 3.52. The van der Waals surface area contributed by atoms with Crippen LogP contribution in [-0.4, -0.2) is 28.1 Å².